The van der Waals surface area contributed by atoms with E-state index in [0.717, 1.165) is 50.0 Å². The third kappa shape index (κ3) is 6.33. The third-order valence-corrected chi connectivity index (χ3v) is 5.71. The fourth-order valence-electron chi connectivity index (χ4n) is 3.76. The Morgan fingerprint density at radius 1 is 1.14 bits per heavy atom. The molecular weight excluding hydrogens is 477 g/mol. The van der Waals surface area contributed by atoms with Crippen molar-refractivity contribution in [2.75, 3.05) is 45.8 Å². The molecule has 1 aromatic heterocycles. The van der Waals surface area contributed by atoms with Crippen molar-refractivity contribution < 1.29 is 4.42 Å². The van der Waals surface area contributed by atoms with Gasteiger partial charge in [-0.25, -0.2) is 4.99 Å². The molecule has 1 unspecified atom stereocenters. The van der Waals surface area contributed by atoms with Crippen LogP contribution in [0.25, 0.3) is 11.0 Å². The first kappa shape index (κ1) is 24.0. The largest absolute Gasteiger partial charge is 0.459 e. The van der Waals surface area contributed by atoms with Crippen LogP contribution in [0.4, 0.5) is 0 Å². The minimum Gasteiger partial charge on any atom is -0.459 e. The highest BCUT2D eigenvalue weighted by atomic mass is 127. The van der Waals surface area contributed by atoms with E-state index < -0.39 is 0 Å². The molecule has 1 saturated heterocycles. The summed E-state index contributed by atoms with van der Waals surface area (Å²) < 4.78 is 5.99. The van der Waals surface area contributed by atoms with Crippen LogP contribution in [0.5, 0.6) is 0 Å². The van der Waals surface area contributed by atoms with Crippen LogP contribution in [0.3, 0.4) is 0 Å². The van der Waals surface area contributed by atoms with Gasteiger partial charge < -0.3 is 20.0 Å². The second-order valence-corrected chi connectivity index (χ2v) is 7.54. The number of para-hydroxylation sites is 1. The van der Waals surface area contributed by atoms with Crippen molar-refractivity contribution in [3.63, 3.8) is 0 Å². The molecule has 29 heavy (non-hydrogen) atoms. The molecule has 0 radical (unpaired) electrons. The zero-order valence-corrected chi connectivity index (χ0v) is 20.5. The van der Waals surface area contributed by atoms with E-state index in [1.54, 1.807) is 0 Å². The number of hydrogen-bond donors (Lipinski definition) is 2. The first-order valence-electron chi connectivity index (χ1n) is 10.6. The first-order chi connectivity index (χ1) is 13.6. The van der Waals surface area contributed by atoms with Gasteiger partial charge in [-0.2, -0.15) is 0 Å². The van der Waals surface area contributed by atoms with Crippen molar-refractivity contribution >= 4 is 40.9 Å². The van der Waals surface area contributed by atoms with Gasteiger partial charge in [0.15, 0.2) is 5.96 Å². The molecular formula is C22H36IN5O. The normalized spacial score (nSPS) is 17.2. The van der Waals surface area contributed by atoms with Gasteiger partial charge in [0.05, 0.1) is 0 Å². The number of hydrogen-bond acceptors (Lipinski definition) is 4. The van der Waals surface area contributed by atoms with Gasteiger partial charge in [-0.05, 0) is 33.4 Å². The number of piperazine rings is 1. The smallest absolute Gasteiger partial charge is 0.191 e. The van der Waals surface area contributed by atoms with Crippen LogP contribution in [0.1, 0.15) is 32.1 Å². The lowest BCUT2D eigenvalue weighted by Gasteiger charge is -2.37. The van der Waals surface area contributed by atoms with Crippen LogP contribution in [-0.2, 0) is 6.54 Å². The summed E-state index contributed by atoms with van der Waals surface area (Å²) in [6.07, 6.45) is 0. The number of guanidine groups is 1. The van der Waals surface area contributed by atoms with E-state index in [1.165, 1.54) is 24.0 Å². The van der Waals surface area contributed by atoms with Gasteiger partial charge in [0, 0.05) is 56.3 Å². The highest BCUT2D eigenvalue weighted by molar-refractivity contribution is 14.0. The lowest BCUT2D eigenvalue weighted by molar-refractivity contribution is 0.107. The number of halogens is 1. The minimum atomic E-state index is 0. The van der Waals surface area contributed by atoms with Gasteiger partial charge in [-0.15, -0.1) is 24.0 Å². The molecule has 0 aliphatic carbocycles. The van der Waals surface area contributed by atoms with Gasteiger partial charge in [0.1, 0.15) is 17.9 Å². The molecule has 7 heteroatoms. The van der Waals surface area contributed by atoms with E-state index >= 15 is 0 Å². The number of fused-ring (bicyclic) bond motifs is 1. The number of nitrogens with one attached hydrogen (secondary N) is 2. The number of rotatable bonds is 7. The summed E-state index contributed by atoms with van der Waals surface area (Å²) >= 11 is 0. The highest BCUT2D eigenvalue weighted by Gasteiger charge is 2.20. The predicted molar refractivity (Wildman–Crippen MR) is 132 cm³/mol. The second kappa shape index (κ2) is 11.8. The molecule has 1 aromatic carbocycles. The maximum Gasteiger partial charge on any atom is 0.191 e. The molecule has 0 bridgehead atoms. The molecule has 0 amide bonds. The highest BCUT2D eigenvalue weighted by Crippen LogP contribution is 2.25. The molecule has 3 rings (SSSR count). The summed E-state index contributed by atoms with van der Waals surface area (Å²) in [6.45, 7) is 16.8. The Bertz CT molecular complexity index is 783. The molecule has 2 heterocycles. The van der Waals surface area contributed by atoms with Crippen LogP contribution >= 0.6 is 24.0 Å². The number of likely N-dealkylation sites (N-methyl/N-ethyl adjacent to an activating group) is 1. The van der Waals surface area contributed by atoms with Crippen molar-refractivity contribution in [3.05, 3.63) is 35.6 Å². The Kier molecular flexibility index (Phi) is 9.71. The zero-order chi connectivity index (χ0) is 19.9. The molecule has 162 valence electrons. The number of aryl methyl sites for hydroxylation is 1. The summed E-state index contributed by atoms with van der Waals surface area (Å²) in [5.41, 5.74) is 2.11. The van der Waals surface area contributed by atoms with Crippen LogP contribution < -0.4 is 10.6 Å². The third-order valence-electron chi connectivity index (χ3n) is 5.71. The standard InChI is InChI=1S/C22H35N5O.HI/c1-5-23-22(24-15-17(3)27-13-11-26(6-2)12-14-27)25-16-21-18(4)19-9-7-8-10-20(19)28-21;/h7-10,17H,5-6,11-16H2,1-4H3,(H2,23,24,25);1H. The summed E-state index contributed by atoms with van der Waals surface area (Å²) in [5, 5.41) is 8.03. The van der Waals surface area contributed by atoms with E-state index in [4.69, 9.17) is 9.41 Å². The van der Waals surface area contributed by atoms with Gasteiger partial charge in [-0.1, -0.05) is 25.1 Å². The monoisotopic (exact) mass is 513 g/mol. The molecule has 1 aliphatic heterocycles. The number of furan rings is 1. The van der Waals surface area contributed by atoms with Gasteiger partial charge in [-0.3, -0.25) is 4.90 Å². The van der Waals surface area contributed by atoms with Crippen molar-refractivity contribution in [2.24, 2.45) is 4.99 Å². The second-order valence-electron chi connectivity index (χ2n) is 7.54. The van der Waals surface area contributed by atoms with Crippen molar-refractivity contribution in [2.45, 2.75) is 40.3 Å². The Morgan fingerprint density at radius 3 is 2.52 bits per heavy atom. The van der Waals surface area contributed by atoms with Crippen LogP contribution in [0, 0.1) is 6.92 Å². The van der Waals surface area contributed by atoms with Gasteiger partial charge in [0.25, 0.3) is 0 Å². The molecule has 1 aliphatic rings. The number of aliphatic imine (C=N–C) groups is 1. The van der Waals surface area contributed by atoms with E-state index in [1.807, 2.05) is 18.2 Å². The van der Waals surface area contributed by atoms with Gasteiger partial charge >= 0.3 is 0 Å². The summed E-state index contributed by atoms with van der Waals surface area (Å²) in [7, 11) is 0. The lowest BCUT2D eigenvalue weighted by Crippen LogP contribution is -2.53. The molecule has 0 saturated carbocycles. The Balaban J connectivity index is 0.00000300. The maximum atomic E-state index is 5.99. The average molecular weight is 513 g/mol. The van der Waals surface area contributed by atoms with Crippen molar-refractivity contribution in [3.8, 4) is 0 Å². The molecule has 0 spiro atoms. The fraction of sp³-hybridized carbons (Fsp3) is 0.591. The topological polar surface area (TPSA) is 56.0 Å². The summed E-state index contributed by atoms with van der Waals surface area (Å²) in [4.78, 5) is 9.83. The summed E-state index contributed by atoms with van der Waals surface area (Å²) in [5.74, 6) is 1.78. The molecule has 2 N–H and O–H groups in total. The zero-order valence-electron chi connectivity index (χ0n) is 18.2. The number of benzene rings is 1. The van der Waals surface area contributed by atoms with Crippen molar-refractivity contribution in [1.82, 2.24) is 20.4 Å². The fourth-order valence-corrected chi connectivity index (χ4v) is 3.76. The average Bonchev–Trinajstić information content (AvgIpc) is 3.06. The molecule has 2 aromatic rings. The van der Waals surface area contributed by atoms with E-state index in [-0.39, 0.29) is 24.0 Å². The minimum absolute atomic E-state index is 0. The SMILES string of the molecule is CCNC(=NCc1oc2ccccc2c1C)NCC(C)N1CCN(CC)CC1.I. The quantitative estimate of drug-likeness (QED) is 0.338. The molecule has 1 atom stereocenters. The van der Waals surface area contributed by atoms with Crippen LogP contribution in [0.2, 0.25) is 0 Å². The molecule has 1 fully saturated rings. The lowest BCUT2D eigenvalue weighted by atomic mass is 10.1. The Hall–Kier alpha value is -1.32. The summed E-state index contributed by atoms with van der Waals surface area (Å²) in [6, 6.07) is 8.65. The van der Waals surface area contributed by atoms with Crippen LogP contribution in [-0.4, -0.2) is 67.6 Å². The van der Waals surface area contributed by atoms with Gasteiger partial charge in [0.2, 0.25) is 0 Å². The van der Waals surface area contributed by atoms with E-state index in [9.17, 15) is 0 Å². The first-order valence-corrected chi connectivity index (χ1v) is 10.6. The van der Waals surface area contributed by atoms with Crippen LogP contribution in [0.15, 0.2) is 33.7 Å². The number of nitrogens with zero attached hydrogens (tertiary/aromatic N) is 3. The van der Waals surface area contributed by atoms with Crippen molar-refractivity contribution in [1.29, 1.82) is 0 Å². The molecule has 6 nitrogen and oxygen atoms in total. The Morgan fingerprint density at radius 2 is 1.86 bits per heavy atom. The van der Waals surface area contributed by atoms with E-state index in [2.05, 4.69) is 54.2 Å². The maximum absolute atomic E-state index is 5.99. The Labute approximate surface area is 192 Å². The van der Waals surface area contributed by atoms with E-state index in [0.29, 0.717) is 12.6 Å². The predicted octanol–water partition coefficient (Wildman–Crippen LogP) is 3.44.